The minimum absolute atomic E-state index is 0.0396. The van der Waals surface area contributed by atoms with Gasteiger partial charge in [0.25, 0.3) is 0 Å². The van der Waals surface area contributed by atoms with E-state index in [0.717, 1.165) is 0 Å². The average molecular weight is 254 g/mol. The Hall–Kier alpha value is -1.62. The standard InChI is InChI=1S/C13H19FN2O2/c1-9(2)16(3)8-7-15-12-10(13(17)18)5-4-6-11(12)14/h4-6,9,15H,7-8H2,1-3H3,(H,17,18). The van der Waals surface area contributed by atoms with Crippen molar-refractivity contribution in [2.24, 2.45) is 0 Å². The van der Waals surface area contributed by atoms with E-state index in [0.29, 0.717) is 19.1 Å². The molecule has 0 saturated carbocycles. The summed E-state index contributed by atoms with van der Waals surface area (Å²) in [6.45, 7) is 5.33. The summed E-state index contributed by atoms with van der Waals surface area (Å²) < 4.78 is 13.6. The summed E-state index contributed by atoms with van der Waals surface area (Å²) in [5, 5.41) is 11.8. The molecule has 1 rings (SSSR count). The zero-order valence-corrected chi connectivity index (χ0v) is 10.9. The number of aromatic carboxylic acids is 1. The second-order valence-electron chi connectivity index (χ2n) is 4.47. The number of rotatable bonds is 6. The largest absolute Gasteiger partial charge is 0.478 e. The first kappa shape index (κ1) is 14.4. The van der Waals surface area contributed by atoms with Gasteiger partial charge in [-0.3, -0.25) is 0 Å². The third kappa shape index (κ3) is 3.70. The molecule has 1 aromatic carbocycles. The molecule has 0 bridgehead atoms. The zero-order valence-electron chi connectivity index (χ0n) is 10.9. The molecule has 2 N–H and O–H groups in total. The van der Waals surface area contributed by atoms with Gasteiger partial charge in [0, 0.05) is 19.1 Å². The van der Waals surface area contributed by atoms with E-state index in [9.17, 15) is 9.18 Å². The fraction of sp³-hybridized carbons (Fsp3) is 0.462. The Morgan fingerprint density at radius 3 is 2.72 bits per heavy atom. The van der Waals surface area contributed by atoms with Gasteiger partial charge in [0.1, 0.15) is 5.82 Å². The lowest BCUT2D eigenvalue weighted by Gasteiger charge is -2.21. The fourth-order valence-corrected chi connectivity index (χ4v) is 1.50. The quantitative estimate of drug-likeness (QED) is 0.817. The summed E-state index contributed by atoms with van der Waals surface area (Å²) in [6.07, 6.45) is 0. The Balaban J connectivity index is 2.70. The van der Waals surface area contributed by atoms with Crippen molar-refractivity contribution in [2.75, 3.05) is 25.5 Å². The van der Waals surface area contributed by atoms with E-state index < -0.39 is 11.8 Å². The van der Waals surface area contributed by atoms with Crippen LogP contribution in [0.2, 0.25) is 0 Å². The van der Waals surface area contributed by atoms with E-state index in [4.69, 9.17) is 5.11 Å². The van der Waals surface area contributed by atoms with Gasteiger partial charge in [0.05, 0.1) is 11.3 Å². The van der Waals surface area contributed by atoms with Crippen molar-refractivity contribution in [2.45, 2.75) is 19.9 Å². The molecular weight excluding hydrogens is 235 g/mol. The number of nitrogens with one attached hydrogen (secondary N) is 1. The van der Waals surface area contributed by atoms with Crippen molar-refractivity contribution in [1.29, 1.82) is 0 Å². The number of para-hydroxylation sites is 1. The van der Waals surface area contributed by atoms with E-state index in [1.54, 1.807) is 0 Å². The van der Waals surface area contributed by atoms with Crippen LogP contribution >= 0.6 is 0 Å². The van der Waals surface area contributed by atoms with Crippen LogP contribution in [-0.2, 0) is 0 Å². The Morgan fingerprint density at radius 2 is 2.17 bits per heavy atom. The van der Waals surface area contributed by atoms with Crippen molar-refractivity contribution in [3.05, 3.63) is 29.6 Å². The van der Waals surface area contributed by atoms with Gasteiger partial charge in [-0.15, -0.1) is 0 Å². The number of benzene rings is 1. The van der Waals surface area contributed by atoms with E-state index in [-0.39, 0.29) is 11.3 Å². The highest BCUT2D eigenvalue weighted by atomic mass is 19.1. The molecular formula is C13H19FN2O2. The number of nitrogens with zero attached hydrogens (tertiary/aromatic N) is 1. The molecule has 0 saturated heterocycles. The molecule has 0 aromatic heterocycles. The minimum atomic E-state index is -1.13. The van der Waals surface area contributed by atoms with E-state index in [1.807, 2.05) is 7.05 Å². The second-order valence-corrected chi connectivity index (χ2v) is 4.47. The molecule has 0 aliphatic heterocycles. The first-order chi connectivity index (χ1) is 8.43. The Morgan fingerprint density at radius 1 is 1.50 bits per heavy atom. The minimum Gasteiger partial charge on any atom is -0.478 e. The van der Waals surface area contributed by atoms with Gasteiger partial charge < -0.3 is 15.3 Å². The molecule has 0 amide bonds. The highest BCUT2D eigenvalue weighted by molar-refractivity contribution is 5.94. The van der Waals surface area contributed by atoms with Gasteiger partial charge >= 0.3 is 5.97 Å². The lowest BCUT2D eigenvalue weighted by molar-refractivity contribution is 0.0697. The van der Waals surface area contributed by atoms with Gasteiger partial charge in [-0.25, -0.2) is 9.18 Å². The Kier molecular flexibility index (Phi) is 5.09. The predicted octanol–water partition coefficient (Wildman–Crippen LogP) is 2.28. The van der Waals surface area contributed by atoms with Crippen molar-refractivity contribution >= 4 is 11.7 Å². The topological polar surface area (TPSA) is 52.6 Å². The lowest BCUT2D eigenvalue weighted by atomic mass is 10.1. The maximum atomic E-state index is 13.6. The predicted molar refractivity (Wildman–Crippen MR) is 69.6 cm³/mol. The molecule has 100 valence electrons. The molecule has 0 fully saturated rings. The molecule has 0 heterocycles. The zero-order chi connectivity index (χ0) is 13.7. The van der Waals surface area contributed by atoms with Gasteiger partial charge in [-0.2, -0.15) is 0 Å². The van der Waals surface area contributed by atoms with Crippen LogP contribution in [-0.4, -0.2) is 42.2 Å². The van der Waals surface area contributed by atoms with Gasteiger partial charge in [-0.1, -0.05) is 6.07 Å². The average Bonchev–Trinajstić information content (AvgIpc) is 2.30. The highest BCUT2D eigenvalue weighted by Gasteiger charge is 2.13. The third-order valence-corrected chi connectivity index (χ3v) is 2.89. The van der Waals surface area contributed by atoms with E-state index in [1.165, 1.54) is 18.2 Å². The first-order valence-corrected chi connectivity index (χ1v) is 5.89. The SMILES string of the molecule is CC(C)N(C)CCNc1c(F)cccc1C(=O)O. The molecule has 4 nitrogen and oxygen atoms in total. The number of carboxylic acid groups (broad SMARTS) is 1. The van der Waals surface area contributed by atoms with Gasteiger partial charge in [0.15, 0.2) is 0 Å². The Bertz CT molecular complexity index is 421. The molecule has 1 aromatic rings. The molecule has 0 atom stereocenters. The summed E-state index contributed by atoms with van der Waals surface area (Å²) in [7, 11) is 1.96. The van der Waals surface area contributed by atoms with Crippen molar-refractivity contribution in [3.63, 3.8) is 0 Å². The highest BCUT2D eigenvalue weighted by Crippen LogP contribution is 2.19. The number of halogens is 1. The van der Waals surface area contributed by atoms with Gasteiger partial charge in [-0.05, 0) is 33.0 Å². The monoisotopic (exact) mass is 254 g/mol. The number of anilines is 1. The maximum Gasteiger partial charge on any atom is 0.337 e. The van der Waals surface area contributed by atoms with Crippen molar-refractivity contribution < 1.29 is 14.3 Å². The van der Waals surface area contributed by atoms with Crippen LogP contribution < -0.4 is 5.32 Å². The van der Waals surface area contributed by atoms with Crippen LogP contribution in [0.3, 0.4) is 0 Å². The molecule has 0 unspecified atom stereocenters. The van der Waals surface area contributed by atoms with Crippen LogP contribution in [0, 0.1) is 5.82 Å². The molecule has 0 aliphatic carbocycles. The third-order valence-electron chi connectivity index (χ3n) is 2.89. The van der Waals surface area contributed by atoms with Crippen LogP contribution in [0.15, 0.2) is 18.2 Å². The summed E-state index contributed by atoms with van der Waals surface area (Å²) >= 11 is 0. The fourth-order valence-electron chi connectivity index (χ4n) is 1.50. The number of carboxylic acids is 1. The molecule has 18 heavy (non-hydrogen) atoms. The number of likely N-dealkylation sites (N-methyl/N-ethyl adjacent to an activating group) is 1. The molecule has 0 spiro atoms. The van der Waals surface area contributed by atoms with E-state index >= 15 is 0 Å². The normalized spacial score (nSPS) is 11.0. The second kappa shape index (κ2) is 6.35. The summed E-state index contributed by atoms with van der Waals surface area (Å²) in [5.41, 5.74) is 0.0179. The summed E-state index contributed by atoms with van der Waals surface area (Å²) in [4.78, 5) is 13.1. The first-order valence-electron chi connectivity index (χ1n) is 5.89. The smallest absolute Gasteiger partial charge is 0.337 e. The summed E-state index contributed by atoms with van der Waals surface area (Å²) in [5.74, 6) is -1.67. The number of hydrogen-bond donors (Lipinski definition) is 2. The maximum absolute atomic E-state index is 13.6. The summed E-state index contributed by atoms with van der Waals surface area (Å²) in [6, 6.07) is 4.43. The van der Waals surface area contributed by atoms with Crippen molar-refractivity contribution in [1.82, 2.24) is 4.90 Å². The molecule has 5 heteroatoms. The van der Waals surface area contributed by atoms with Crippen LogP contribution in [0.5, 0.6) is 0 Å². The molecule has 0 radical (unpaired) electrons. The number of hydrogen-bond acceptors (Lipinski definition) is 3. The van der Waals surface area contributed by atoms with Crippen LogP contribution in [0.25, 0.3) is 0 Å². The van der Waals surface area contributed by atoms with Gasteiger partial charge in [0.2, 0.25) is 0 Å². The van der Waals surface area contributed by atoms with Crippen LogP contribution in [0.1, 0.15) is 24.2 Å². The lowest BCUT2D eigenvalue weighted by Crippen LogP contribution is -2.31. The van der Waals surface area contributed by atoms with Crippen LogP contribution in [0.4, 0.5) is 10.1 Å². The molecule has 0 aliphatic rings. The van der Waals surface area contributed by atoms with E-state index in [2.05, 4.69) is 24.1 Å². The van der Waals surface area contributed by atoms with Crippen molar-refractivity contribution in [3.8, 4) is 0 Å². The number of carbonyl (C=O) groups is 1. The Labute approximate surface area is 106 Å².